The van der Waals surface area contributed by atoms with E-state index in [9.17, 15) is 13.2 Å². The number of nitriles is 1. The van der Waals surface area contributed by atoms with Crippen molar-refractivity contribution in [2.75, 3.05) is 36.0 Å². The highest BCUT2D eigenvalue weighted by Crippen LogP contribution is 2.38. The average molecular weight is 468 g/mol. The minimum absolute atomic E-state index is 0.0868. The summed E-state index contributed by atoms with van der Waals surface area (Å²) in [6.07, 6.45) is 0.206. The van der Waals surface area contributed by atoms with E-state index in [1.807, 2.05) is 17.9 Å². The number of halogens is 3. The van der Waals surface area contributed by atoms with Crippen LogP contribution in [0.3, 0.4) is 0 Å². The molecule has 2 fully saturated rings. The number of hydrogen-bond donors (Lipinski definition) is 0. The molecule has 2 aromatic heterocycles. The van der Waals surface area contributed by atoms with E-state index in [-0.39, 0.29) is 23.1 Å². The molecule has 176 valence electrons. The molecule has 0 N–H and O–H groups in total. The van der Waals surface area contributed by atoms with Crippen LogP contribution >= 0.6 is 0 Å². The summed E-state index contributed by atoms with van der Waals surface area (Å²) in [6.45, 7) is 4.73. The van der Waals surface area contributed by atoms with Crippen LogP contribution in [0.4, 0.5) is 24.8 Å². The molecule has 0 spiro atoms. The van der Waals surface area contributed by atoms with E-state index in [4.69, 9.17) is 5.26 Å². The van der Waals surface area contributed by atoms with E-state index in [0.717, 1.165) is 43.0 Å². The molecule has 1 aromatic carbocycles. The first-order chi connectivity index (χ1) is 16.3. The second-order valence-corrected chi connectivity index (χ2v) is 8.76. The number of anilines is 2. The largest absolute Gasteiger partial charge is 0.573 e. The summed E-state index contributed by atoms with van der Waals surface area (Å²) in [5.74, 6) is 1.41. The van der Waals surface area contributed by atoms with Crippen LogP contribution in [0, 0.1) is 24.2 Å². The van der Waals surface area contributed by atoms with E-state index >= 15 is 0 Å². The number of aryl methyl sites for hydroxylation is 1. The van der Waals surface area contributed by atoms with Crippen LogP contribution in [0.1, 0.15) is 30.0 Å². The Morgan fingerprint density at radius 1 is 1.06 bits per heavy atom. The van der Waals surface area contributed by atoms with Gasteiger partial charge in [0.15, 0.2) is 11.6 Å². The van der Waals surface area contributed by atoms with E-state index in [2.05, 4.69) is 30.7 Å². The first-order valence-corrected chi connectivity index (χ1v) is 11.2. The molecule has 0 unspecified atom stereocenters. The summed E-state index contributed by atoms with van der Waals surface area (Å²) < 4.78 is 42.8. The van der Waals surface area contributed by atoms with Crippen molar-refractivity contribution in [3.63, 3.8) is 0 Å². The molecule has 10 heteroatoms. The minimum atomic E-state index is -4.78. The molecular formula is C24H23F3N6O. The lowest BCUT2D eigenvalue weighted by Crippen LogP contribution is -2.47. The maximum Gasteiger partial charge on any atom is 0.573 e. The molecule has 5 rings (SSSR count). The molecule has 0 saturated carbocycles. The molecule has 4 heterocycles. The molecule has 0 bridgehead atoms. The number of fused-ring (bicyclic) bond motifs is 1. The highest BCUT2D eigenvalue weighted by atomic mass is 19.4. The number of para-hydroxylation sites is 1. The zero-order chi connectivity index (χ0) is 23.9. The number of rotatable bonds is 4. The lowest BCUT2D eigenvalue weighted by Gasteiger charge is -2.42. The van der Waals surface area contributed by atoms with Crippen LogP contribution in [0.15, 0.2) is 36.7 Å². The Labute approximate surface area is 194 Å². The summed E-state index contributed by atoms with van der Waals surface area (Å²) in [6, 6.07) is 8.71. The Kier molecular flexibility index (Phi) is 5.63. The Bertz CT molecular complexity index is 1240. The first kappa shape index (κ1) is 22.2. The molecule has 0 radical (unpaired) electrons. The van der Waals surface area contributed by atoms with E-state index < -0.39 is 6.36 Å². The maximum atomic E-state index is 12.9. The van der Waals surface area contributed by atoms with Crippen LogP contribution in [0.5, 0.6) is 5.75 Å². The number of nitrogens with zero attached hydrogens (tertiary/aromatic N) is 6. The number of benzene rings is 1. The minimum Gasteiger partial charge on any atom is -0.403 e. The van der Waals surface area contributed by atoms with Gasteiger partial charge in [-0.2, -0.15) is 5.26 Å². The molecule has 3 aromatic rings. The second-order valence-electron chi connectivity index (χ2n) is 8.76. The summed E-state index contributed by atoms with van der Waals surface area (Å²) in [5.41, 5.74) is 1.98. The SMILES string of the molecule is Cc1cc2cccc(OC(F)(F)F)c2nc1N1CC(c2nccnc2N2CCC(C#N)CC2)C1. The monoisotopic (exact) mass is 468 g/mol. The van der Waals surface area contributed by atoms with Gasteiger partial charge in [0.25, 0.3) is 0 Å². The fourth-order valence-corrected chi connectivity index (χ4v) is 4.71. The number of hydrogen-bond acceptors (Lipinski definition) is 7. The molecule has 0 aliphatic carbocycles. The number of pyridine rings is 1. The van der Waals surface area contributed by atoms with Gasteiger partial charge in [0, 0.05) is 55.8 Å². The Morgan fingerprint density at radius 2 is 1.79 bits per heavy atom. The lowest BCUT2D eigenvalue weighted by atomic mass is 9.93. The summed E-state index contributed by atoms with van der Waals surface area (Å²) in [4.78, 5) is 18.0. The molecule has 0 atom stereocenters. The third-order valence-corrected chi connectivity index (χ3v) is 6.45. The van der Waals surface area contributed by atoms with Gasteiger partial charge in [-0.1, -0.05) is 12.1 Å². The van der Waals surface area contributed by atoms with Crippen molar-refractivity contribution >= 4 is 22.5 Å². The van der Waals surface area contributed by atoms with E-state index in [0.29, 0.717) is 24.3 Å². The van der Waals surface area contributed by atoms with Gasteiger partial charge in [-0.25, -0.2) is 9.97 Å². The summed E-state index contributed by atoms with van der Waals surface area (Å²) in [7, 11) is 0. The van der Waals surface area contributed by atoms with Crippen LogP contribution < -0.4 is 14.5 Å². The van der Waals surface area contributed by atoms with Crippen molar-refractivity contribution < 1.29 is 17.9 Å². The van der Waals surface area contributed by atoms with Crippen molar-refractivity contribution in [2.45, 2.75) is 32.0 Å². The van der Waals surface area contributed by atoms with Crippen LogP contribution in [0.2, 0.25) is 0 Å². The van der Waals surface area contributed by atoms with Gasteiger partial charge in [-0.05, 0) is 37.5 Å². The highest BCUT2D eigenvalue weighted by Gasteiger charge is 2.36. The van der Waals surface area contributed by atoms with Gasteiger partial charge >= 0.3 is 6.36 Å². The lowest BCUT2D eigenvalue weighted by molar-refractivity contribution is -0.274. The van der Waals surface area contributed by atoms with Gasteiger partial charge < -0.3 is 14.5 Å². The Balaban J connectivity index is 1.37. The van der Waals surface area contributed by atoms with Gasteiger partial charge in [0.05, 0.1) is 11.8 Å². The molecule has 0 amide bonds. The predicted octanol–water partition coefficient (Wildman–Crippen LogP) is 4.58. The molecule has 2 aliphatic heterocycles. The number of aromatic nitrogens is 3. The third kappa shape index (κ3) is 4.30. The Morgan fingerprint density at radius 3 is 2.50 bits per heavy atom. The molecule has 2 aliphatic rings. The number of alkyl halides is 3. The third-order valence-electron chi connectivity index (χ3n) is 6.45. The predicted molar refractivity (Wildman–Crippen MR) is 121 cm³/mol. The van der Waals surface area contributed by atoms with Crippen molar-refractivity contribution in [3.05, 3.63) is 47.9 Å². The quantitative estimate of drug-likeness (QED) is 0.555. The molecule has 2 saturated heterocycles. The molecule has 34 heavy (non-hydrogen) atoms. The highest BCUT2D eigenvalue weighted by molar-refractivity contribution is 5.87. The number of ether oxygens (including phenoxy) is 1. The zero-order valence-corrected chi connectivity index (χ0v) is 18.6. The Hall–Kier alpha value is -3.61. The van der Waals surface area contributed by atoms with Crippen molar-refractivity contribution in [1.29, 1.82) is 5.26 Å². The smallest absolute Gasteiger partial charge is 0.403 e. The average Bonchev–Trinajstić information content (AvgIpc) is 2.78. The van der Waals surface area contributed by atoms with Gasteiger partial charge in [0.2, 0.25) is 0 Å². The fraction of sp³-hybridized carbons (Fsp3) is 0.417. The topological polar surface area (TPSA) is 78.2 Å². The second kappa shape index (κ2) is 8.63. The van der Waals surface area contributed by atoms with Crippen LogP contribution in [0.25, 0.3) is 10.9 Å². The molecule has 7 nitrogen and oxygen atoms in total. The van der Waals surface area contributed by atoms with Crippen molar-refractivity contribution in [1.82, 2.24) is 15.0 Å². The van der Waals surface area contributed by atoms with Gasteiger partial charge in [0.1, 0.15) is 11.3 Å². The zero-order valence-electron chi connectivity index (χ0n) is 18.6. The normalized spacial score (nSPS) is 17.5. The van der Waals surface area contributed by atoms with Crippen molar-refractivity contribution in [2.24, 2.45) is 5.92 Å². The first-order valence-electron chi connectivity index (χ1n) is 11.2. The fourth-order valence-electron chi connectivity index (χ4n) is 4.71. The number of piperidine rings is 1. The van der Waals surface area contributed by atoms with E-state index in [1.165, 1.54) is 12.1 Å². The summed E-state index contributed by atoms with van der Waals surface area (Å²) in [5, 5.41) is 9.76. The van der Waals surface area contributed by atoms with Crippen LogP contribution in [-0.4, -0.2) is 47.5 Å². The summed E-state index contributed by atoms with van der Waals surface area (Å²) >= 11 is 0. The van der Waals surface area contributed by atoms with E-state index in [1.54, 1.807) is 18.5 Å². The van der Waals surface area contributed by atoms with Crippen LogP contribution in [-0.2, 0) is 0 Å². The maximum absolute atomic E-state index is 12.9. The van der Waals surface area contributed by atoms with Gasteiger partial charge in [-0.15, -0.1) is 13.2 Å². The molecular weight excluding hydrogens is 445 g/mol. The standard InChI is InChI=1S/C24H23F3N6O/c1-15-11-17-3-2-4-19(34-24(25,26)27)20(17)31-22(15)33-13-18(14-33)21-23(30-8-7-29-21)32-9-5-16(12-28)6-10-32/h2-4,7-8,11,16,18H,5-6,9-10,13-14H2,1H3. The van der Waals surface area contributed by atoms with Gasteiger partial charge in [-0.3, -0.25) is 4.98 Å². The van der Waals surface area contributed by atoms with Crippen molar-refractivity contribution in [3.8, 4) is 11.8 Å².